The van der Waals surface area contributed by atoms with Gasteiger partial charge in [0.05, 0.1) is 11.1 Å². The molecule has 3 fully saturated rings. The number of likely N-dealkylation sites (tertiary alicyclic amines) is 1. The van der Waals surface area contributed by atoms with Crippen LogP contribution >= 0.6 is 0 Å². The lowest BCUT2D eigenvalue weighted by atomic mass is 9.96. The molecular weight excluding hydrogens is 502 g/mol. The number of carbonyl (C=O) groups excluding carboxylic acids is 5. The minimum Gasteiger partial charge on any atom is -0.444 e. The van der Waals surface area contributed by atoms with Gasteiger partial charge in [-0.3, -0.25) is 34.3 Å². The van der Waals surface area contributed by atoms with Crippen LogP contribution in [0.5, 0.6) is 0 Å². The summed E-state index contributed by atoms with van der Waals surface area (Å²) in [6.07, 6.45) is 1.94. The van der Waals surface area contributed by atoms with Crippen LogP contribution in [0.1, 0.15) is 67.2 Å². The zero-order chi connectivity index (χ0) is 27.9. The summed E-state index contributed by atoms with van der Waals surface area (Å²) < 4.78 is 5.50. The molecule has 0 aliphatic carbocycles. The second kappa shape index (κ2) is 10.6. The Balaban J connectivity index is 1.13. The number of hydrogen-bond donors (Lipinski definition) is 1. The van der Waals surface area contributed by atoms with Gasteiger partial charge in [0, 0.05) is 57.9 Å². The normalized spacial score (nSPS) is 23.3. The number of nitrogens with one attached hydrogen (secondary N) is 1. The van der Waals surface area contributed by atoms with Crippen molar-refractivity contribution in [2.75, 3.05) is 50.7 Å². The highest BCUT2D eigenvalue weighted by molar-refractivity contribution is 6.23. The van der Waals surface area contributed by atoms with E-state index in [2.05, 4.69) is 15.1 Å². The van der Waals surface area contributed by atoms with Gasteiger partial charge in [-0.1, -0.05) is 0 Å². The maximum absolute atomic E-state index is 13.2. The van der Waals surface area contributed by atoms with Crippen LogP contribution in [-0.4, -0.2) is 102 Å². The molecule has 5 amide bonds. The summed E-state index contributed by atoms with van der Waals surface area (Å²) in [6.45, 7) is 11.5. The number of imide groups is 2. The maximum Gasteiger partial charge on any atom is 0.410 e. The van der Waals surface area contributed by atoms with Gasteiger partial charge in [-0.15, -0.1) is 0 Å². The lowest BCUT2D eigenvalue weighted by Gasteiger charge is -2.39. The van der Waals surface area contributed by atoms with Gasteiger partial charge in [0.15, 0.2) is 0 Å². The first-order chi connectivity index (χ1) is 18.5. The van der Waals surface area contributed by atoms with E-state index in [1.807, 2.05) is 26.8 Å². The summed E-state index contributed by atoms with van der Waals surface area (Å²) in [6, 6.07) is 4.32. The molecule has 39 heavy (non-hydrogen) atoms. The van der Waals surface area contributed by atoms with Crippen LogP contribution < -0.4 is 10.2 Å². The Morgan fingerprint density at radius 3 is 2.23 bits per heavy atom. The van der Waals surface area contributed by atoms with E-state index in [4.69, 9.17) is 4.74 Å². The molecule has 11 heteroatoms. The van der Waals surface area contributed by atoms with Gasteiger partial charge >= 0.3 is 6.09 Å². The molecule has 0 saturated carbocycles. The van der Waals surface area contributed by atoms with Gasteiger partial charge < -0.3 is 14.5 Å². The molecule has 1 unspecified atom stereocenters. The number of nitrogens with zero attached hydrogens (tertiary/aromatic N) is 4. The summed E-state index contributed by atoms with van der Waals surface area (Å²) in [5.41, 5.74) is 0.999. The zero-order valence-electron chi connectivity index (χ0n) is 22.9. The van der Waals surface area contributed by atoms with Crippen molar-refractivity contribution >= 4 is 35.4 Å². The Morgan fingerprint density at radius 1 is 0.923 bits per heavy atom. The molecule has 4 heterocycles. The number of anilines is 1. The SMILES string of the molecule is CC(C)(C)OC(=O)N1CCC(CN2CCN(c3ccc4c(c3)C(=O)N(C3CCC(=O)NC3=O)C4=O)CC2)CC1. The molecule has 0 bridgehead atoms. The third kappa shape index (κ3) is 5.78. The van der Waals surface area contributed by atoms with Crippen molar-refractivity contribution in [1.29, 1.82) is 0 Å². The molecule has 1 aromatic rings. The molecule has 4 aliphatic heterocycles. The summed E-state index contributed by atoms with van der Waals surface area (Å²) in [4.78, 5) is 69.7. The summed E-state index contributed by atoms with van der Waals surface area (Å²) >= 11 is 0. The fourth-order valence-corrected chi connectivity index (χ4v) is 5.83. The van der Waals surface area contributed by atoms with Gasteiger partial charge in [-0.25, -0.2) is 4.79 Å². The Morgan fingerprint density at radius 2 is 1.59 bits per heavy atom. The van der Waals surface area contributed by atoms with Gasteiger partial charge in [0.2, 0.25) is 11.8 Å². The van der Waals surface area contributed by atoms with Crippen molar-refractivity contribution in [2.24, 2.45) is 5.92 Å². The van der Waals surface area contributed by atoms with Crippen LogP contribution in [0.3, 0.4) is 0 Å². The molecule has 0 aromatic heterocycles. The number of fused-ring (bicyclic) bond motifs is 1. The van der Waals surface area contributed by atoms with E-state index in [9.17, 15) is 24.0 Å². The monoisotopic (exact) mass is 539 g/mol. The van der Waals surface area contributed by atoms with Crippen molar-refractivity contribution < 1.29 is 28.7 Å². The molecule has 5 rings (SSSR count). The Labute approximate surface area is 228 Å². The topological polar surface area (TPSA) is 120 Å². The first-order valence-corrected chi connectivity index (χ1v) is 13.8. The second-order valence-corrected chi connectivity index (χ2v) is 11.9. The first-order valence-electron chi connectivity index (χ1n) is 13.8. The molecule has 3 saturated heterocycles. The fraction of sp³-hybridized carbons (Fsp3) is 0.607. The molecule has 4 aliphatic rings. The van der Waals surface area contributed by atoms with E-state index in [1.54, 1.807) is 17.0 Å². The lowest BCUT2D eigenvalue weighted by molar-refractivity contribution is -0.136. The van der Waals surface area contributed by atoms with Crippen molar-refractivity contribution in [3.05, 3.63) is 29.3 Å². The van der Waals surface area contributed by atoms with Gasteiger partial charge in [-0.05, 0) is 64.2 Å². The van der Waals surface area contributed by atoms with Gasteiger partial charge in [0.1, 0.15) is 11.6 Å². The number of ether oxygens (including phenoxy) is 1. The van der Waals surface area contributed by atoms with E-state index in [-0.39, 0.29) is 24.8 Å². The lowest BCUT2D eigenvalue weighted by Crippen LogP contribution is -2.54. The van der Waals surface area contributed by atoms with E-state index in [0.29, 0.717) is 17.0 Å². The predicted octanol–water partition coefficient (Wildman–Crippen LogP) is 1.86. The summed E-state index contributed by atoms with van der Waals surface area (Å²) in [5.74, 6) is -1.42. The molecule has 0 spiro atoms. The standard InChI is InChI=1S/C28H37N5O6/c1-28(2,3)39-27(38)32-10-8-18(9-11-32)17-30-12-14-31(15-13-30)19-4-5-20-21(16-19)26(37)33(25(20)36)22-6-7-23(34)29-24(22)35/h4-5,16,18,22H,6-15,17H2,1-3H3,(H,29,34,35). The van der Waals surface area contributed by atoms with Crippen LogP contribution in [-0.2, 0) is 14.3 Å². The maximum atomic E-state index is 13.2. The average Bonchev–Trinajstić information content (AvgIpc) is 3.13. The number of hydrogen-bond acceptors (Lipinski definition) is 8. The first kappa shape index (κ1) is 27.1. The molecule has 11 nitrogen and oxygen atoms in total. The number of carbonyl (C=O) groups is 5. The Bertz CT molecular complexity index is 1180. The molecule has 0 radical (unpaired) electrons. The number of benzene rings is 1. The minimum absolute atomic E-state index is 0.0994. The largest absolute Gasteiger partial charge is 0.444 e. The quantitative estimate of drug-likeness (QED) is 0.576. The third-order valence-electron chi connectivity index (χ3n) is 7.94. The average molecular weight is 540 g/mol. The fourth-order valence-electron chi connectivity index (χ4n) is 5.83. The van der Waals surface area contributed by atoms with E-state index < -0.39 is 29.4 Å². The molecular formula is C28H37N5O6. The molecule has 210 valence electrons. The Kier molecular flexibility index (Phi) is 7.37. The van der Waals surface area contributed by atoms with Crippen molar-refractivity contribution in [3.8, 4) is 0 Å². The number of piperidine rings is 2. The Hall–Kier alpha value is -3.47. The minimum atomic E-state index is -0.960. The molecule has 1 atom stereocenters. The zero-order valence-corrected chi connectivity index (χ0v) is 22.9. The summed E-state index contributed by atoms with van der Waals surface area (Å²) in [5, 5.41) is 2.23. The van der Waals surface area contributed by atoms with E-state index in [1.165, 1.54) is 0 Å². The number of piperazine rings is 1. The van der Waals surface area contributed by atoms with Crippen LogP contribution in [0.15, 0.2) is 18.2 Å². The summed E-state index contributed by atoms with van der Waals surface area (Å²) in [7, 11) is 0. The number of amides is 5. The van der Waals surface area contributed by atoms with Crippen LogP contribution in [0.2, 0.25) is 0 Å². The smallest absolute Gasteiger partial charge is 0.410 e. The van der Waals surface area contributed by atoms with Crippen LogP contribution in [0.25, 0.3) is 0 Å². The van der Waals surface area contributed by atoms with Crippen molar-refractivity contribution in [3.63, 3.8) is 0 Å². The van der Waals surface area contributed by atoms with Crippen LogP contribution in [0, 0.1) is 5.92 Å². The second-order valence-electron chi connectivity index (χ2n) is 11.9. The van der Waals surface area contributed by atoms with Crippen molar-refractivity contribution in [2.45, 2.75) is 58.1 Å². The number of rotatable bonds is 4. The highest BCUT2D eigenvalue weighted by Crippen LogP contribution is 2.31. The van der Waals surface area contributed by atoms with E-state index >= 15 is 0 Å². The van der Waals surface area contributed by atoms with Gasteiger partial charge in [-0.2, -0.15) is 0 Å². The van der Waals surface area contributed by atoms with E-state index in [0.717, 1.165) is 69.2 Å². The third-order valence-corrected chi connectivity index (χ3v) is 7.94. The van der Waals surface area contributed by atoms with Crippen molar-refractivity contribution in [1.82, 2.24) is 20.0 Å². The molecule has 1 N–H and O–H groups in total. The highest BCUT2D eigenvalue weighted by Gasteiger charge is 2.44. The highest BCUT2D eigenvalue weighted by atomic mass is 16.6. The predicted molar refractivity (Wildman–Crippen MR) is 142 cm³/mol. The van der Waals surface area contributed by atoms with Crippen LogP contribution in [0.4, 0.5) is 10.5 Å². The molecule has 1 aromatic carbocycles. The van der Waals surface area contributed by atoms with Gasteiger partial charge in [0.25, 0.3) is 11.8 Å².